The number of aryl methyl sites for hydroxylation is 1. The number of amides is 4. The van der Waals surface area contributed by atoms with Gasteiger partial charge in [0.15, 0.2) is 0 Å². The highest BCUT2D eigenvalue weighted by Crippen LogP contribution is 2.30. The smallest absolute Gasteiger partial charge is 0.261 e. The van der Waals surface area contributed by atoms with Crippen LogP contribution in [0.1, 0.15) is 52.1 Å². The molecule has 1 aromatic heterocycles. The van der Waals surface area contributed by atoms with Crippen LogP contribution in [0.4, 0.5) is 5.82 Å². The first-order valence-corrected chi connectivity index (χ1v) is 12.3. The minimum absolute atomic E-state index is 0.0689. The Balaban J connectivity index is 1.17. The molecule has 1 fully saturated rings. The van der Waals surface area contributed by atoms with Crippen molar-refractivity contribution < 1.29 is 19.2 Å². The van der Waals surface area contributed by atoms with Gasteiger partial charge in [-0.2, -0.15) is 0 Å². The van der Waals surface area contributed by atoms with Crippen molar-refractivity contribution in [1.29, 1.82) is 0 Å². The summed E-state index contributed by atoms with van der Waals surface area (Å²) in [4.78, 5) is 59.0. The highest BCUT2D eigenvalue weighted by Gasteiger charge is 2.33. The molecule has 0 saturated carbocycles. The molecule has 8 heteroatoms. The first kappa shape index (κ1) is 23.7. The van der Waals surface area contributed by atoms with E-state index in [4.69, 9.17) is 0 Å². The molecule has 0 radical (unpaired) electrons. The van der Waals surface area contributed by atoms with Crippen molar-refractivity contribution in [2.24, 2.45) is 5.92 Å². The van der Waals surface area contributed by atoms with Gasteiger partial charge in [0.2, 0.25) is 11.8 Å². The largest absolute Gasteiger partial charge is 0.342 e. The van der Waals surface area contributed by atoms with Gasteiger partial charge in [0.05, 0.1) is 5.92 Å². The molecule has 1 atom stereocenters. The molecule has 3 aromatic rings. The lowest BCUT2D eigenvalue weighted by Crippen LogP contribution is -2.44. The van der Waals surface area contributed by atoms with Gasteiger partial charge in [-0.1, -0.05) is 30.3 Å². The number of hydrogen-bond donors (Lipinski definition) is 1. The van der Waals surface area contributed by atoms with Gasteiger partial charge in [0, 0.05) is 48.3 Å². The molecule has 2 aliphatic rings. The van der Waals surface area contributed by atoms with Crippen molar-refractivity contribution in [3.05, 3.63) is 71.4 Å². The second kappa shape index (κ2) is 9.89. The number of imide groups is 1. The summed E-state index contributed by atoms with van der Waals surface area (Å²) in [7, 11) is 0. The van der Waals surface area contributed by atoms with Crippen molar-refractivity contribution in [1.82, 2.24) is 14.8 Å². The molecule has 2 aliphatic heterocycles. The molecule has 4 amide bonds. The lowest BCUT2D eigenvalue weighted by molar-refractivity contribution is -0.134. The summed E-state index contributed by atoms with van der Waals surface area (Å²) in [6, 6.07) is 16.3. The normalized spacial score (nSPS) is 17.4. The molecule has 2 aromatic carbocycles. The Morgan fingerprint density at radius 2 is 1.69 bits per heavy atom. The van der Waals surface area contributed by atoms with E-state index in [0.717, 1.165) is 17.5 Å². The molecular weight excluding hydrogens is 456 g/mol. The lowest BCUT2D eigenvalue weighted by Gasteiger charge is -2.32. The fourth-order valence-corrected chi connectivity index (χ4v) is 5.09. The maximum Gasteiger partial charge on any atom is 0.261 e. The van der Waals surface area contributed by atoms with Gasteiger partial charge in [-0.25, -0.2) is 4.98 Å². The van der Waals surface area contributed by atoms with Crippen LogP contribution in [0.5, 0.6) is 0 Å². The predicted molar refractivity (Wildman–Crippen MR) is 135 cm³/mol. The number of carbonyl (C=O) groups excluding carboxylic acids is 4. The van der Waals surface area contributed by atoms with Gasteiger partial charge in [0.25, 0.3) is 11.8 Å². The molecule has 1 saturated heterocycles. The predicted octanol–water partition coefficient (Wildman–Crippen LogP) is 3.80. The topological polar surface area (TPSA) is 99.7 Å². The fraction of sp³-hybridized carbons (Fsp3) is 0.321. The van der Waals surface area contributed by atoms with E-state index in [1.165, 1.54) is 4.90 Å². The minimum atomic E-state index is -0.323. The number of nitrogens with one attached hydrogen (secondary N) is 1. The van der Waals surface area contributed by atoms with Gasteiger partial charge in [-0.3, -0.25) is 24.1 Å². The third kappa shape index (κ3) is 4.58. The molecule has 8 nitrogen and oxygen atoms in total. The average molecular weight is 485 g/mol. The number of carbonyl (C=O) groups is 4. The summed E-state index contributed by atoms with van der Waals surface area (Å²) in [5, 5.41) is 4.41. The Morgan fingerprint density at radius 1 is 1.00 bits per heavy atom. The van der Waals surface area contributed by atoms with Gasteiger partial charge < -0.3 is 10.2 Å². The molecule has 3 heterocycles. The number of pyridine rings is 1. The van der Waals surface area contributed by atoms with Crippen molar-refractivity contribution in [2.75, 3.05) is 25.0 Å². The van der Waals surface area contributed by atoms with Gasteiger partial charge >= 0.3 is 0 Å². The maximum absolute atomic E-state index is 13.0. The SMILES string of the molecule is Cc1cccc(NC(=O)C2CCCN(C(=O)CCCN3C(=O)c4cccc5cccc(c45)C3=O)C2)n1. The quantitative estimate of drug-likeness (QED) is 0.537. The molecule has 184 valence electrons. The molecule has 0 spiro atoms. The van der Waals surface area contributed by atoms with Gasteiger partial charge in [-0.15, -0.1) is 0 Å². The summed E-state index contributed by atoms with van der Waals surface area (Å²) in [6.07, 6.45) is 2.03. The number of nitrogens with zero attached hydrogens (tertiary/aromatic N) is 3. The van der Waals surface area contributed by atoms with Crippen LogP contribution in [0.15, 0.2) is 54.6 Å². The summed E-state index contributed by atoms with van der Waals surface area (Å²) < 4.78 is 0. The molecule has 5 rings (SSSR count). The van der Waals surface area contributed by atoms with Crippen LogP contribution >= 0.6 is 0 Å². The third-order valence-electron chi connectivity index (χ3n) is 6.91. The van der Waals surface area contributed by atoms with Crippen LogP contribution in [0, 0.1) is 12.8 Å². The van der Waals surface area contributed by atoms with Crippen LogP contribution in [0.2, 0.25) is 0 Å². The molecule has 0 bridgehead atoms. The van der Waals surface area contributed by atoms with E-state index >= 15 is 0 Å². The number of aromatic nitrogens is 1. The third-order valence-corrected chi connectivity index (χ3v) is 6.91. The Kier molecular flexibility index (Phi) is 6.50. The Bertz CT molecular complexity index is 1320. The highest BCUT2D eigenvalue weighted by molar-refractivity contribution is 6.25. The number of rotatable bonds is 6. The van der Waals surface area contributed by atoms with E-state index in [0.29, 0.717) is 48.3 Å². The summed E-state index contributed by atoms with van der Waals surface area (Å²) in [5.41, 5.74) is 1.85. The number of piperidine rings is 1. The second-order valence-corrected chi connectivity index (χ2v) is 9.41. The van der Waals surface area contributed by atoms with Crippen LogP contribution in [0.25, 0.3) is 10.8 Å². The van der Waals surface area contributed by atoms with Gasteiger partial charge in [-0.05, 0) is 55.8 Å². The summed E-state index contributed by atoms with van der Waals surface area (Å²) in [5.74, 6) is -0.639. The van der Waals surface area contributed by atoms with Crippen molar-refractivity contribution >= 4 is 40.2 Å². The van der Waals surface area contributed by atoms with E-state index in [-0.39, 0.29) is 42.5 Å². The van der Waals surface area contributed by atoms with Gasteiger partial charge in [0.1, 0.15) is 5.82 Å². The number of likely N-dealkylation sites (tertiary alicyclic amines) is 1. The van der Waals surface area contributed by atoms with E-state index in [1.54, 1.807) is 23.1 Å². The Labute approximate surface area is 209 Å². The Morgan fingerprint density at radius 3 is 2.39 bits per heavy atom. The lowest BCUT2D eigenvalue weighted by atomic mass is 9.94. The number of anilines is 1. The minimum Gasteiger partial charge on any atom is -0.342 e. The molecule has 1 unspecified atom stereocenters. The van der Waals surface area contributed by atoms with E-state index in [1.807, 2.05) is 43.3 Å². The zero-order valence-electron chi connectivity index (χ0n) is 20.2. The zero-order valence-corrected chi connectivity index (χ0v) is 20.2. The van der Waals surface area contributed by atoms with Crippen molar-refractivity contribution in [3.8, 4) is 0 Å². The van der Waals surface area contributed by atoms with E-state index in [9.17, 15) is 19.2 Å². The Hall–Kier alpha value is -4.07. The standard InChI is InChI=1S/C28H28N4O4/c1-18-7-2-13-23(29-18)30-26(34)20-10-5-15-31(17-20)24(33)14-6-16-32-27(35)21-11-3-8-19-9-4-12-22(25(19)21)28(32)36/h2-4,7-9,11-13,20H,5-6,10,14-17H2,1H3,(H,29,30,34). The van der Waals surface area contributed by atoms with Crippen molar-refractivity contribution in [2.45, 2.75) is 32.6 Å². The van der Waals surface area contributed by atoms with Crippen LogP contribution in [-0.4, -0.2) is 58.0 Å². The van der Waals surface area contributed by atoms with Crippen LogP contribution < -0.4 is 5.32 Å². The van der Waals surface area contributed by atoms with E-state index < -0.39 is 0 Å². The first-order valence-electron chi connectivity index (χ1n) is 12.3. The van der Waals surface area contributed by atoms with Crippen LogP contribution in [-0.2, 0) is 9.59 Å². The average Bonchev–Trinajstić information content (AvgIpc) is 2.89. The number of benzene rings is 2. The highest BCUT2D eigenvalue weighted by atomic mass is 16.2. The maximum atomic E-state index is 13.0. The summed E-state index contributed by atoms with van der Waals surface area (Å²) >= 11 is 0. The molecular formula is C28H28N4O4. The van der Waals surface area contributed by atoms with E-state index in [2.05, 4.69) is 10.3 Å². The molecule has 36 heavy (non-hydrogen) atoms. The second-order valence-electron chi connectivity index (χ2n) is 9.41. The fourth-order valence-electron chi connectivity index (χ4n) is 5.09. The molecule has 0 aliphatic carbocycles. The monoisotopic (exact) mass is 484 g/mol. The molecule has 1 N–H and O–H groups in total. The first-order chi connectivity index (χ1) is 17.4. The zero-order chi connectivity index (χ0) is 25.2. The summed E-state index contributed by atoms with van der Waals surface area (Å²) in [6.45, 7) is 2.99. The number of hydrogen-bond acceptors (Lipinski definition) is 5. The van der Waals surface area contributed by atoms with Crippen molar-refractivity contribution in [3.63, 3.8) is 0 Å². The van der Waals surface area contributed by atoms with Crippen LogP contribution in [0.3, 0.4) is 0 Å².